The van der Waals surface area contributed by atoms with E-state index in [0.29, 0.717) is 5.90 Å². The van der Waals surface area contributed by atoms with Crippen LogP contribution in [0.5, 0.6) is 0 Å². The fourth-order valence-corrected chi connectivity index (χ4v) is 3.00. The van der Waals surface area contributed by atoms with Crippen LogP contribution in [-0.2, 0) is 9.53 Å². The molecular weight excluding hydrogens is 330 g/mol. The molecule has 7 heteroatoms. The largest absolute Gasteiger partial charge is 0.439 e. The van der Waals surface area contributed by atoms with Gasteiger partial charge in [0, 0.05) is 28.7 Å². The summed E-state index contributed by atoms with van der Waals surface area (Å²) in [5.74, 6) is 0.589. The van der Waals surface area contributed by atoms with Crippen LogP contribution in [0, 0.1) is 0 Å². The molecule has 1 aromatic carbocycles. The lowest BCUT2D eigenvalue weighted by Gasteiger charge is -1.99. The number of aliphatic imine (C=N–C) groups is 1. The molecule has 4 aromatic rings. The van der Waals surface area contributed by atoms with Gasteiger partial charge in [-0.1, -0.05) is 0 Å². The molecule has 126 valence electrons. The van der Waals surface area contributed by atoms with Gasteiger partial charge in [-0.15, -0.1) is 0 Å². The van der Waals surface area contributed by atoms with E-state index in [1.165, 1.54) is 0 Å². The van der Waals surface area contributed by atoms with Crippen LogP contribution in [-0.4, -0.2) is 31.8 Å². The van der Waals surface area contributed by atoms with Gasteiger partial charge in [-0.2, -0.15) is 5.10 Å². The molecule has 0 unspecified atom stereocenters. The number of Topliss-reactive ketones (excluding diaryl/α,β-unsaturated/α-hetero) is 1. The number of aromatic nitrogens is 4. The summed E-state index contributed by atoms with van der Waals surface area (Å²) in [5.41, 5.74) is 3.29. The molecule has 0 amide bonds. The number of H-pyrrole nitrogens is 2. The summed E-state index contributed by atoms with van der Waals surface area (Å²) in [7, 11) is 0. The molecule has 26 heavy (non-hydrogen) atoms. The SMILES string of the molecule is O=C1CC(=Nc2ccc3[nH]ncc3c2)O/C1=C\c1c[nH]c2ncccc12. The first-order valence-electron chi connectivity index (χ1n) is 8.12. The predicted molar refractivity (Wildman–Crippen MR) is 98.0 cm³/mol. The highest BCUT2D eigenvalue weighted by atomic mass is 16.5. The fraction of sp³-hybridized carbons (Fsp3) is 0.0526. The molecule has 1 fully saturated rings. The number of pyridine rings is 1. The van der Waals surface area contributed by atoms with Gasteiger partial charge in [0.05, 0.1) is 23.8 Å². The highest BCUT2D eigenvalue weighted by Crippen LogP contribution is 2.26. The number of carbonyl (C=O) groups is 1. The zero-order chi connectivity index (χ0) is 17.5. The van der Waals surface area contributed by atoms with E-state index < -0.39 is 0 Å². The lowest BCUT2D eigenvalue weighted by Crippen LogP contribution is -1.92. The van der Waals surface area contributed by atoms with Crippen LogP contribution >= 0.6 is 0 Å². The zero-order valence-corrected chi connectivity index (χ0v) is 13.6. The van der Waals surface area contributed by atoms with E-state index in [4.69, 9.17) is 4.74 Å². The highest BCUT2D eigenvalue weighted by Gasteiger charge is 2.26. The van der Waals surface area contributed by atoms with E-state index in [1.807, 2.05) is 36.5 Å². The van der Waals surface area contributed by atoms with Crippen molar-refractivity contribution in [1.82, 2.24) is 20.2 Å². The van der Waals surface area contributed by atoms with Crippen molar-refractivity contribution in [3.05, 3.63) is 60.2 Å². The van der Waals surface area contributed by atoms with Gasteiger partial charge in [0.15, 0.2) is 5.76 Å². The number of nitrogens with one attached hydrogen (secondary N) is 2. The zero-order valence-electron chi connectivity index (χ0n) is 13.6. The Morgan fingerprint density at radius 2 is 2.23 bits per heavy atom. The second-order valence-electron chi connectivity index (χ2n) is 6.00. The first kappa shape index (κ1) is 14.6. The Labute approximate surface area is 147 Å². The number of benzene rings is 1. The number of allylic oxidation sites excluding steroid dienone is 1. The third-order valence-corrected chi connectivity index (χ3v) is 4.26. The second-order valence-corrected chi connectivity index (χ2v) is 6.00. The third-order valence-electron chi connectivity index (χ3n) is 4.26. The van der Waals surface area contributed by atoms with Crippen LogP contribution in [0.1, 0.15) is 12.0 Å². The topological polar surface area (TPSA) is 96.0 Å². The number of rotatable bonds is 2. The summed E-state index contributed by atoms with van der Waals surface area (Å²) in [5, 5.41) is 8.78. The van der Waals surface area contributed by atoms with Gasteiger partial charge in [0.25, 0.3) is 0 Å². The summed E-state index contributed by atoms with van der Waals surface area (Å²) < 4.78 is 5.70. The average molecular weight is 343 g/mol. The van der Waals surface area contributed by atoms with Gasteiger partial charge in [-0.25, -0.2) is 9.98 Å². The van der Waals surface area contributed by atoms with Crippen molar-refractivity contribution >= 4 is 45.4 Å². The number of aromatic amines is 2. The Hall–Kier alpha value is -3.74. The van der Waals surface area contributed by atoms with Gasteiger partial charge < -0.3 is 9.72 Å². The Bertz CT molecular complexity index is 1210. The number of fused-ring (bicyclic) bond motifs is 2. The molecule has 0 saturated carbocycles. The number of hydrogen-bond donors (Lipinski definition) is 2. The van der Waals surface area contributed by atoms with E-state index in [-0.39, 0.29) is 18.0 Å². The monoisotopic (exact) mass is 343 g/mol. The van der Waals surface area contributed by atoms with Crippen molar-refractivity contribution in [2.75, 3.05) is 0 Å². The van der Waals surface area contributed by atoms with Crippen molar-refractivity contribution < 1.29 is 9.53 Å². The van der Waals surface area contributed by atoms with Crippen molar-refractivity contribution in [2.45, 2.75) is 6.42 Å². The minimum absolute atomic E-state index is 0.0913. The highest BCUT2D eigenvalue weighted by molar-refractivity contribution is 6.15. The second kappa shape index (κ2) is 5.66. The van der Waals surface area contributed by atoms with Crippen molar-refractivity contribution in [3.8, 4) is 0 Å². The van der Waals surface area contributed by atoms with Gasteiger partial charge in [-0.05, 0) is 36.4 Å². The minimum atomic E-state index is -0.0913. The summed E-state index contributed by atoms with van der Waals surface area (Å²) >= 11 is 0. The van der Waals surface area contributed by atoms with Crippen LogP contribution in [0.3, 0.4) is 0 Å². The molecule has 1 aliphatic rings. The van der Waals surface area contributed by atoms with E-state index in [9.17, 15) is 4.79 Å². The molecule has 0 spiro atoms. The fourth-order valence-electron chi connectivity index (χ4n) is 3.00. The van der Waals surface area contributed by atoms with Gasteiger partial charge in [0.1, 0.15) is 5.65 Å². The first-order valence-corrected chi connectivity index (χ1v) is 8.12. The molecule has 2 N–H and O–H groups in total. The molecule has 4 heterocycles. The van der Waals surface area contributed by atoms with E-state index >= 15 is 0 Å². The van der Waals surface area contributed by atoms with Crippen LogP contribution in [0.25, 0.3) is 28.0 Å². The molecule has 0 atom stereocenters. The number of hydrogen-bond acceptors (Lipinski definition) is 5. The average Bonchev–Trinajstić information content (AvgIpc) is 3.35. The number of ether oxygens (including phenoxy) is 1. The molecule has 0 bridgehead atoms. The Morgan fingerprint density at radius 3 is 3.19 bits per heavy atom. The van der Waals surface area contributed by atoms with Crippen LogP contribution in [0.2, 0.25) is 0 Å². The minimum Gasteiger partial charge on any atom is -0.439 e. The molecule has 7 nitrogen and oxygen atoms in total. The van der Waals surface area contributed by atoms with E-state index in [1.54, 1.807) is 18.5 Å². The lowest BCUT2D eigenvalue weighted by atomic mass is 10.1. The molecule has 1 saturated heterocycles. The molecule has 5 rings (SSSR count). The molecule has 0 aliphatic carbocycles. The number of nitrogens with zero attached hydrogens (tertiary/aromatic N) is 3. The van der Waals surface area contributed by atoms with Crippen LogP contribution in [0.4, 0.5) is 5.69 Å². The van der Waals surface area contributed by atoms with Crippen LogP contribution < -0.4 is 0 Å². The van der Waals surface area contributed by atoms with Crippen molar-refractivity contribution in [1.29, 1.82) is 0 Å². The normalized spacial score (nSPS) is 17.6. The Balaban J connectivity index is 1.46. The number of ketones is 1. The first-order chi connectivity index (χ1) is 12.8. The lowest BCUT2D eigenvalue weighted by molar-refractivity contribution is -0.114. The molecule has 0 radical (unpaired) electrons. The molecule has 3 aromatic heterocycles. The third kappa shape index (κ3) is 2.46. The number of carbonyl (C=O) groups excluding carboxylic acids is 1. The van der Waals surface area contributed by atoms with Crippen molar-refractivity contribution in [3.63, 3.8) is 0 Å². The summed E-state index contributed by atoms with van der Waals surface area (Å²) in [6.07, 6.45) is 7.13. The quantitative estimate of drug-likeness (QED) is 0.544. The maximum atomic E-state index is 12.3. The Kier molecular flexibility index (Phi) is 3.18. The summed E-state index contributed by atoms with van der Waals surface area (Å²) in [4.78, 5) is 24.1. The predicted octanol–water partition coefficient (Wildman–Crippen LogP) is 3.50. The smallest absolute Gasteiger partial charge is 0.207 e. The van der Waals surface area contributed by atoms with Gasteiger partial charge in [-0.3, -0.25) is 9.89 Å². The van der Waals surface area contributed by atoms with Crippen molar-refractivity contribution in [2.24, 2.45) is 4.99 Å². The van der Waals surface area contributed by atoms with Gasteiger partial charge >= 0.3 is 0 Å². The van der Waals surface area contributed by atoms with Gasteiger partial charge in [0.2, 0.25) is 11.7 Å². The maximum absolute atomic E-state index is 12.3. The summed E-state index contributed by atoms with van der Waals surface area (Å²) in [6.45, 7) is 0. The maximum Gasteiger partial charge on any atom is 0.207 e. The Morgan fingerprint density at radius 1 is 1.27 bits per heavy atom. The molecular formula is C19H13N5O2. The van der Waals surface area contributed by atoms with E-state index in [0.717, 1.165) is 33.2 Å². The van der Waals surface area contributed by atoms with E-state index in [2.05, 4.69) is 25.2 Å². The van der Waals surface area contributed by atoms with Crippen LogP contribution in [0.15, 0.2) is 59.7 Å². The standard InChI is InChI=1S/C19H13N5O2/c25-16-8-18(23-13-3-4-15-12(6-13)10-22-24-15)26-17(16)7-11-9-21-19-14(11)2-1-5-20-19/h1-7,9-10H,8H2,(H,20,21)(H,22,24)/b17-7-,23-18?. The molecule has 1 aliphatic heterocycles. The summed E-state index contributed by atoms with van der Waals surface area (Å²) in [6, 6.07) is 9.45.